The number of fused-ring (bicyclic) bond motifs is 3. The molecule has 3 heterocycles. The van der Waals surface area contributed by atoms with E-state index in [-0.39, 0.29) is 5.82 Å². The highest BCUT2D eigenvalue weighted by atomic mass is 35.5. The summed E-state index contributed by atoms with van der Waals surface area (Å²) in [4.78, 5) is 7.03. The molecule has 0 aliphatic carbocycles. The second-order valence-electron chi connectivity index (χ2n) is 6.38. The lowest BCUT2D eigenvalue weighted by Crippen LogP contribution is -2.37. The molecular weight excluding hydrogens is 369 g/mol. The van der Waals surface area contributed by atoms with Crippen molar-refractivity contribution in [3.8, 4) is 11.3 Å². The highest BCUT2D eigenvalue weighted by molar-refractivity contribution is 6.31. The Kier molecular flexibility index (Phi) is 3.91. The fourth-order valence-electron chi connectivity index (χ4n) is 3.41. The molecule has 0 N–H and O–H groups in total. The number of aromatic nitrogens is 4. The standard InChI is InChI=1S/C19H15ClFN5O/c20-13-4-5-16-15(11-13)18(25-6-8-27-9-7-25)22-19-17(23-24-26(16)19)12-2-1-3-14(21)10-12/h1-5,10-11H,6-9H2. The molecular formula is C19H15ClFN5O. The van der Waals surface area contributed by atoms with E-state index in [0.29, 0.717) is 35.1 Å². The summed E-state index contributed by atoms with van der Waals surface area (Å²) in [5.74, 6) is 0.484. The van der Waals surface area contributed by atoms with Gasteiger partial charge in [-0.15, -0.1) is 5.10 Å². The number of nitrogens with zero attached hydrogens (tertiary/aromatic N) is 5. The van der Waals surface area contributed by atoms with E-state index >= 15 is 0 Å². The molecule has 1 fully saturated rings. The predicted molar refractivity (Wildman–Crippen MR) is 102 cm³/mol. The van der Waals surface area contributed by atoms with Gasteiger partial charge < -0.3 is 9.64 Å². The number of hydrogen-bond acceptors (Lipinski definition) is 5. The Balaban J connectivity index is 1.80. The van der Waals surface area contributed by atoms with Gasteiger partial charge in [0, 0.05) is 29.1 Å². The van der Waals surface area contributed by atoms with Crippen LogP contribution in [-0.4, -0.2) is 46.1 Å². The molecule has 0 atom stereocenters. The smallest absolute Gasteiger partial charge is 0.186 e. The first-order valence-corrected chi connectivity index (χ1v) is 9.02. The largest absolute Gasteiger partial charge is 0.378 e. The van der Waals surface area contributed by atoms with Gasteiger partial charge in [-0.1, -0.05) is 28.9 Å². The number of benzene rings is 2. The molecule has 0 saturated carbocycles. The predicted octanol–water partition coefficient (Wildman–Crippen LogP) is 3.57. The van der Waals surface area contributed by atoms with Crippen LogP contribution in [0.3, 0.4) is 0 Å². The van der Waals surface area contributed by atoms with Gasteiger partial charge in [0.25, 0.3) is 0 Å². The van der Waals surface area contributed by atoms with Crippen LogP contribution in [0.1, 0.15) is 0 Å². The van der Waals surface area contributed by atoms with E-state index in [2.05, 4.69) is 15.2 Å². The van der Waals surface area contributed by atoms with Gasteiger partial charge in [-0.25, -0.2) is 9.37 Å². The summed E-state index contributed by atoms with van der Waals surface area (Å²) >= 11 is 6.24. The third-order valence-electron chi connectivity index (χ3n) is 4.69. The second kappa shape index (κ2) is 6.44. The van der Waals surface area contributed by atoms with Crippen molar-refractivity contribution in [2.45, 2.75) is 0 Å². The van der Waals surface area contributed by atoms with Gasteiger partial charge in [-0.3, -0.25) is 0 Å². The number of halogens is 2. The molecule has 6 nitrogen and oxygen atoms in total. The average molecular weight is 384 g/mol. The SMILES string of the molecule is Fc1cccc(-c2nnn3c2nc(N2CCOCC2)c2cc(Cl)ccc23)c1. The van der Waals surface area contributed by atoms with Crippen LogP contribution in [0.15, 0.2) is 42.5 Å². The molecule has 0 bridgehead atoms. The Hall–Kier alpha value is -2.77. The van der Waals surface area contributed by atoms with Gasteiger partial charge >= 0.3 is 0 Å². The van der Waals surface area contributed by atoms with E-state index in [0.717, 1.165) is 29.8 Å². The Bertz CT molecular complexity index is 1160. The van der Waals surface area contributed by atoms with Crippen molar-refractivity contribution in [3.05, 3.63) is 53.3 Å². The van der Waals surface area contributed by atoms with Gasteiger partial charge in [0.05, 0.1) is 18.7 Å². The molecule has 136 valence electrons. The minimum Gasteiger partial charge on any atom is -0.378 e. The van der Waals surface area contributed by atoms with Crippen LogP contribution >= 0.6 is 11.6 Å². The summed E-state index contributed by atoms with van der Waals surface area (Å²) < 4.78 is 20.9. The first-order chi connectivity index (χ1) is 13.2. The number of hydrogen-bond donors (Lipinski definition) is 0. The summed E-state index contributed by atoms with van der Waals surface area (Å²) in [6.07, 6.45) is 0. The zero-order valence-corrected chi connectivity index (χ0v) is 15.0. The first-order valence-electron chi connectivity index (χ1n) is 8.64. The van der Waals surface area contributed by atoms with Crippen molar-refractivity contribution in [1.29, 1.82) is 0 Å². The number of morpholine rings is 1. The zero-order valence-electron chi connectivity index (χ0n) is 14.3. The van der Waals surface area contributed by atoms with Crippen LogP contribution in [0.2, 0.25) is 5.02 Å². The lowest BCUT2D eigenvalue weighted by atomic mass is 10.1. The molecule has 1 aliphatic heterocycles. The van der Waals surface area contributed by atoms with Crippen molar-refractivity contribution in [3.63, 3.8) is 0 Å². The topological polar surface area (TPSA) is 55.5 Å². The van der Waals surface area contributed by atoms with Crippen LogP contribution in [0, 0.1) is 5.82 Å². The molecule has 27 heavy (non-hydrogen) atoms. The van der Waals surface area contributed by atoms with Gasteiger partial charge in [-0.05, 0) is 30.3 Å². The lowest BCUT2D eigenvalue weighted by molar-refractivity contribution is 0.122. The molecule has 4 aromatic rings. The molecule has 2 aromatic heterocycles. The average Bonchev–Trinajstić information content (AvgIpc) is 3.12. The zero-order chi connectivity index (χ0) is 18.4. The molecule has 0 amide bonds. The number of rotatable bonds is 2. The van der Waals surface area contributed by atoms with E-state index in [9.17, 15) is 4.39 Å². The Morgan fingerprint density at radius 3 is 2.74 bits per heavy atom. The van der Waals surface area contributed by atoms with Crippen molar-refractivity contribution < 1.29 is 9.13 Å². The fraction of sp³-hybridized carbons (Fsp3) is 0.211. The summed E-state index contributed by atoms with van der Waals surface area (Å²) in [6, 6.07) is 11.9. The van der Waals surface area contributed by atoms with Crippen molar-refractivity contribution in [1.82, 2.24) is 19.8 Å². The summed E-state index contributed by atoms with van der Waals surface area (Å²) in [5, 5.41) is 10.1. The Labute approximate surface area is 159 Å². The molecule has 0 unspecified atom stereocenters. The number of anilines is 1. The quantitative estimate of drug-likeness (QED) is 0.529. The third kappa shape index (κ3) is 2.79. The first kappa shape index (κ1) is 16.4. The van der Waals surface area contributed by atoms with Crippen LogP contribution < -0.4 is 4.90 Å². The minimum atomic E-state index is -0.324. The second-order valence-corrected chi connectivity index (χ2v) is 6.82. The molecule has 1 aliphatic rings. The maximum absolute atomic E-state index is 13.7. The lowest BCUT2D eigenvalue weighted by Gasteiger charge is -2.28. The maximum atomic E-state index is 13.7. The van der Waals surface area contributed by atoms with Crippen molar-refractivity contribution >= 4 is 34.0 Å². The Morgan fingerprint density at radius 1 is 1.07 bits per heavy atom. The molecule has 5 rings (SSSR count). The van der Waals surface area contributed by atoms with E-state index in [1.807, 2.05) is 18.2 Å². The maximum Gasteiger partial charge on any atom is 0.186 e. The molecule has 2 aromatic carbocycles. The highest BCUT2D eigenvalue weighted by Gasteiger charge is 2.21. The normalized spacial score (nSPS) is 15.0. The Morgan fingerprint density at radius 2 is 1.93 bits per heavy atom. The van der Waals surface area contributed by atoms with Crippen molar-refractivity contribution in [2.24, 2.45) is 0 Å². The van der Waals surface area contributed by atoms with Gasteiger partial charge in [0.1, 0.15) is 17.3 Å². The summed E-state index contributed by atoms with van der Waals surface area (Å²) in [6.45, 7) is 2.76. The van der Waals surface area contributed by atoms with E-state index in [1.54, 1.807) is 16.6 Å². The fourth-order valence-corrected chi connectivity index (χ4v) is 3.58. The van der Waals surface area contributed by atoms with Crippen LogP contribution in [0.4, 0.5) is 10.2 Å². The van der Waals surface area contributed by atoms with Gasteiger partial charge in [0.2, 0.25) is 0 Å². The van der Waals surface area contributed by atoms with Gasteiger partial charge in [0.15, 0.2) is 5.65 Å². The monoisotopic (exact) mass is 383 g/mol. The summed E-state index contributed by atoms with van der Waals surface area (Å²) in [7, 11) is 0. The third-order valence-corrected chi connectivity index (χ3v) is 4.93. The van der Waals surface area contributed by atoms with E-state index < -0.39 is 0 Å². The van der Waals surface area contributed by atoms with Crippen LogP contribution in [-0.2, 0) is 4.74 Å². The van der Waals surface area contributed by atoms with Gasteiger partial charge in [-0.2, -0.15) is 4.52 Å². The number of ether oxygens (including phenoxy) is 1. The highest BCUT2D eigenvalue weighted by Crippen LogP contribution is 2.32. The molecule has 8 heteroatoms. The van der Waals surface area contributed by atoms with Crippen LogP contribution in [0.5, 0.6) is 0 Å². The molecule has 0 spiro atoms. The van der Waals surface area contributed by atoms with Crippen LogP contribution in [0.25, 0.3) is 27.8 Å². The van der Waals surface area contributed by atoms with E-state index in [1.165, 1.54) is 12.1 Å². The van der Waals surface area contributed by atoms with E-state index in [4.69, 9.17) is 21.3 Å². The van der Waals surface area contributed by atoms with Crippen molar-refractivity contribution in [2.75, 3.05) is 31.2 Å². The molecule has 1 saturated heterocycles. The molecule has 0 radical (unpaired) electrons. The minimum absolute atomic E-state index is 0.324. The summed E-state index contributed by atoms with van der Waals surface area (Å²) in [5.41, 5.74) is 2.61.